The molecule has 1 atom stereocenters. The van der Waals surface area contributed by atoms with E-state index in [1.165, 1.54) is 5.56 Å². The molecule has 1 aromatic carbocycles. The van der Waals surface area contributed by atoms with E-state index in [-0.39, 0.29) is 5.91 Å². The highest BCUT2D eigenvalue weighted by Crippen LogP contribution is 2.33. The number of unbranched alkanes of at least 4 members (excludes halogenated alkanes) is 1. The summed E-state index contributed by atoms with van der Waals surface area (Å²) in [6, 6.07) is 11.4. The number of benzene rings is 1. The first-order chi connectivity index (χ1) is 12.0. The third-order valence-electron chi connectivity index (χ3n) is 4.10. The van der Waals surface area contributed by atoms with Gasteiger partial charge < -0.3 is 15.2 Å². The van der Waals surface area contributed by atoms with Crippen molar-refractivity contribution in [3.8, 4) is 11.5 Å². The van der Waals surface area contributed by atoms with Crippen molar-refractivity contribution in [1.29, 1.82) is 0 Å². The molecule has 1 aromatic heterocycles. The van der Waals surface area contributed by atoms with E-state index in [1.54, 1.807) is 24.0 Å². The maximum absolute atomic E-state index is 12.4. The third kappa shape index (κ3) is 4.02. The number of nitrogens with two attached hydrogens (primary N) is 1. The number of amides is 1. The lowest BCUT2D eigenvalue weighted by molar-refractivity contribution is -0.125. The first-order valence-electron chi connectivity index (χ1n) is 8.48. The molecule has 0 radical (unpaired) electrons. The van der Waals surface area contributed by atoms with E-state index < -0.39 is 6.10 Å². The van der Waals surface area contributed by atoms with Crippen molar-refractivity contribution >= 4 is 17.5 Å². The summed E-state index contributed by atoms with van der Waals surface area (Å²) >= 11 is 0. The second-order valence-electron chi connectivity index (χ2n) is 6.18. The highest BCUT2D eigenvalue weighted by atomic mass is 16.5. The fourth-order valence-corrected chi connectivity index (χ4v) is 2.71. The Morgan fingerprint density at radius 2 is 1.96 bits per heavy atom. The van der Waals surface area contributed by atoms with E-state index in [4.69, 9.17) is 15.2 Å². The largest absolute Gasteiger partial charge is 0.494 e. The first kappa shape index (κ1) is 17.1. The molecule has 2 aromatic rings. The Kier molecular flexibility index (Phi) is 5.07. The summed E-state index contributed by atoms with van der Waals surface area (Å²) in [5, 5.41) is 0. The van der Waals surface area contributed by atoms with E-state index in [0.717, 1.165) is 18.6 Å². The van der Waals surface area contributed by atoms with Crippen molar-refractivity contribution in [3.63, 3.8) is 0 Å². The zero-order valence-corrected chi connectivity index (χ0v) is 14.6. The van der Waals surface area contributed by atoms with Crippen LogP contribution in [-0.4, -0.2) is 30.1 Å². The van der Waals surface area contributed by atoms with Gasteiger partial charge in [0.25, 0.3) is 5.91 Å². The molecular weight excluding hydrogens is 318 g/mol. The molecule has 0 spiro atoms. The monoisotopic (exact) mass is 341 g/mol. The summed E-state index contributed by atoms with van der Waals surface area (Å²) in [6.45, 7) is 4.96. The molecule has 1 unspecified atom stereocenters. The minimum atomic E-state index is -0.512. The van der Waals surface area contributed by atoms with E-state index in [2.05, 4.69) is 4.98 Å². The minimum absolute atomic E-state index is 0.0925. The maximum Gasteiger partial charge on any atom is 0.269 e. The van der Waals surface area contributed by atoms with E-state index >= 15 is 0 Å². The predicted octanol–water partition coefficient (Wildman–Crippen LogP) is 2.95. The van der Waals surface area contributed by atoms with Gasteiger partial charge in [-0.25, -0.2) is 4.98 Å². The van der Waals surface area contributed by atoms with E-state index in [0.29, 0.717) is 30.5 Å². The van der Waals surface area contributed by atoms with Crippen LogP contribution in [0, 0.1) is 6.92 Å². The zero-order chi connectivity index (χ0) is 17.8. The first-order valence-corrected chi connectivity index (χ1v) is 8.48. The van der Waals surface area contributed by atoms with Gasteiger partial charge in [-0.05, 0) is 51.0 Å². The van der Waals surface area contributed by atoms with Gasteiger partial charge >= 0.3 is 0 Å². The van der Waals surface area contributed by atoms with Crippen LogP contribution in [0.25, 0.3) is 0 Å². The molecule has 2 N–H and O–H groups in total. The number of pyridine rings is 1. The lowest BCUT2D eigenvalue weighted by atomic mass is 10.2. The number of rotatable bonds is 6. The summed E-state index contributed by atoms with van der Waals surface area (Å²) in [7, 11) is 0. The number of carbonyl (C=O) groups excluding carboxylic acids is 1. The highest BCUT2D eigenvalue weighted by molar-refractivity contribution is 5.98. The molecule has 3 rings (SSSR count). The Labute approximate surface area is 147 Å². The molecule has 2 heterocycles. The van der Waals surface area contributed by atoms with Crippen LogP contribution in [0.5, 0.6) is 11.5 Å². The van der Waals surface area contributed by atoms with Crippen LogP contribution >= 0.6 is 0 Å². The molecule has 0 saturated heterocycles. The average Bonchev–Trinajstić information content (AvgIpc) is 2.60. The number of fused-ring (bicyclic) bond motifs is 1. The normalized spacial score (nSPS) is 16.3. The van der Waals surface area contributed by atoms with Crippen LogP contribution in [0.2, 0.25) is 0 Å². The smallest absolute Gasteiger partial charge is 0.269 e. The van der Waals surface area contributed by atoms with Crippen molar-refractivity contribution in [3.05, 3.63) is 42.0 Å². The Morgan fingerprint density at radius 1 is 1.20 bits per heavy atom. The predicted molar refractivity (Wildman–Crippen MR) is 97.0 cm³/mol. The number of aromatic nitrogens is 1. The topological polar surface area (TPSA) is 77.7 Å². The van der Waals surface area contributed by atoms with Gasteiger partial charge in [0.2, 0.25) is 0 Å². The van der Waals surface area contributed by atoms with Crippen molar-refractivity contribution in [2.24, 2.45) is 0 Å². The minimum Gasteiger partial charge on any atom is -0.494 e. The van der Waals surface area contributed by atoms with Crippen LogP contribution in [0.4, 0.5) is 11.6 Å². The van der Waals surface area contributed by atoms with Crippen molar-refractivity contribution in [1.82, 2.24) is 4.98 Å². The van der Waals surface area contributed by atoms with Crippen LogP contribution in [-0.2, 0) is 4.79 Å². The molecule has 0 saturated carbocycles. The van der Waals surface area contributed by atoms with Gasteiger partial charge in [0.1, 0.15) is 11.6 Å². The van der Waals surface area contributed by atoms with Crippen molar-refractivity contribution < 1.29 is 14.3 Å². The molecule has 6 nitrogen and oxygen atoms in total. The van der Waals surface area contributed by atoms with Gasteiger partial charge in [0.15, 0.2) is 17.7 Å². The number of anilines is 2. The highest BCUT2D eigenvalue weighted by Gasteiger charge is 2.32. The number of carbonyl (C=O) groups is 1. The molecule has 1 amide bonds. The molecule has 132 valence electrons. The van der Waals surface area contributed by atoms with Gasteiger partial charge in [-0.3, -0.25) is 9.69 Å². The summed E-state index contributed by atoms with van der Waals surface area (Å²) in [5.74, 6) is 2.24. The Balaban J connectivity index is 1.54. The summed E-state index contributed by atoms with van der Waals surface area (Å²) in [4.78, 5) is 18.3. The van der Waals surface area contributed by atoms with Gasteiger partial charge in [-0.1, -0.05) is 17.7 Å². The molecule has 1 aliphatic heterocycles. The van der Waals surface area contributed by atoms with Gasteiger partial charge in [0, 0.05) is 6.54 Å². The van der Waals surface area contributed by atoms with Crippen LogP contribution in [0.1, 0.15) is 25.3 Å². The SMILES string of the molecule is Cc1ccc(OCCCCN2C(=O)C(C)Oc3ccc(N)nc32)cc1. The average molecular weight is 341 g/mol. The van der Waals surface area contributed by atoms with E-state index in [1.807, 2.05) is 31.2 Å². The lowest BCUT2D eigenvalue weighted by Gasteiger charge is -2.32. The Bertz CT molecular complexity index is 746. The molecular formula is C19H23N3O3. The molecule has 0 bridgehead atoms. The van der Waals surface area contributed by atoms with Crippen molar-refractivity contribution in [2.75, 3.05) is 23.8 Å². The quantitative estimate of drug-likeness (QED) is 0.817. The summed E-state index contributed by atoms with van der Waals surface area (Å²) < 4.78 is 11.3. The fraction of sp³-hybridized carbons (Fsp3) is 0.368. The van der Waals surface area contributed by atoms with Crippen molar-refractivity contribution in [2.45, 2.75) is 32.8 Å². The number of hydrogen-bond acceptors (Lipinski definition) is 5. The fourth-order valence-electron chi connectivity index (χ4n) is 2.71. The maximum atomic E-state index is 12.4. The number of ether oxygens (including phenoxy) is 2. The van der Waals surface area contributed by atoms with E-state index in [9.17, 15) is 4.79 Å². The molecule has 0 aliphatic carbocycles. The zero-order valence-electron chi connectivity index (χ0n) is 14.6. The molecule has 25 heavy (non-hydrogen) atoms. The van der Waals surface area contributed by atoms with Gasteiger partial charge in [-0.2, -0.15) is 0 Å². The molecule has 1 aliphatic rings. The Hall–Kier alpha value is -2.76. The molecule has 0 fully saturated rings. The van der Waals surface area contributed by atoms with Gasteiger partial charge in [-0.15, -0.1) is 0 Å². The number of nitrogens with zero attached hydrogens (tertiary/aromatic N) is 2. The molecule has 6 heteroatoms. The summed E-state index contributed by atoms with van der Waals surface area (Å²) in [5.41, 5.74) is 6.96. The number of aryl methyl sites for hydroxylation is 1. The summed E-state index contributed by atoms with van der Waals surface area (Å²) in [6.07, 6.45) is 1.13. The number of nitrogen functional groups attached to an aromatic ring is 1. The van der Waals surface area contributed by atoms with Gasteiger partial charge in [0.05, 0.1) is 6.61 Å². The Morgan fingerprint density at radius 3 is 2.72 bits per heavy atom. The second-order valence-corrected chi connectivity index (χ2v) is 6.18. The van der Waals surface area contributed by atoms with Crippen LogP contribution < -0.4 is 20.1 Å². The lowest BCUT2D eigenvalue weighted by Crippen LogP contribution is -2.45. The number of hydrogen-bond donors (Lipinski definition) is 1. The third-order valence-corrected chi connectivity index (χ3v) is 4.10. The standard InChI is InChI=1S/C19H23N3O3/c1-13-5-7-15(8-6-13)24-12-4-3-11-22-18-16(9-10-17(20)21-18)25-14(2)19(22)23/h5-10,14H,3-4,11-12H2,1-2H3,(H2,20,21). The van der Waals surface area contributed by atoms with Crippen LogP contribution in [0.15, 0.2) is 36.4 Å². The second kappa shape index (κ2) is 7.42. The van der Waals surface area contributed by atoms with Crippen LogP contribution in [0.3, 0.4) is 0 Å².